The van der Waals surface area contributed by atoms with Crippen molar-refractivity contribution in [2.45, 2.75) is 26.2 Å². The van der Waals surface area contributed by atoms with Gasteiger partial charge in [-0.1, -0.05) is 0 Å². The average Bonchev–Trinajstić information content (AvgIpc) is 2.52. The molecule has 3 nitrogen and oxygen atoms in total. The van der Waals surface area contributed by atoms with Crippen LogP contribution in [0.4, 0.5) is 0 Å². The van der Waals surface area contributed by atoms with Gasteiger partial charge in [-0.2, -0.15) is 0 Å². The van der Waals surface area contributed by atoms with Gasteiger partial charge in [-0.25, -0.2) is 4.98 Å². The SMILES string of the molecule is CNCCCC(=O)Cc1nc(C)cs1. The summed E-state index contributed by atoms with van der Waals surface area (Å²) in [7, 11) is 1.90. The van der Waals surface area contributed by atoms with Crippen LogP contribution < -0.4 is 5.32 Å². The van der Waals surface area contributed by atoms with E-state index in [4.69, 9.17) is 0 Å². The van der Waals surface area contributed by atoms with Crippen molar-refractivity contribution >= 4 is 17.1 Å². The average molecular weight is 212 g/mol. The number of carbonyl (C=O) groups excluding carboxylic acids is 1. The molecule has 1 heterocycles. The van der Waals surface area contributed by atoms with Gasteiger partial charge >= 0.3 is 0 Å². The van der Waals surface area contributed by atoms with Crippen LogP contribution in [-0.4, -0.2) is 24.4 Å². The molecule has 0 saturated carbocycles. The molecule has 0 atom stereocenters. The van der Waals surface area contributed by atoms with Crippen LogP contribution in [0.2, 0.25) is 0 Å². The molecular weight excluding hydrogens is 196 g/mol. The highest BCUT2D eigenvalue weighted by Gasteiger charge is 2.06. The maximum absolute atomic E-state index is 11.4. The monoisotopic (exact) mass is 212 g/mol. The first-order valence-electron chi connectivity index (χ1n) is 4.79. The molecule has 0 saturated heterocycles. The third-order valence-corrected chi connectivity index (χ3v) is 2.86. The summed E-state index contributed by atoms with van der Waals surface area (Å²) in [5, 5.41) is 5.95. The van der Waals surface area contributed by atoms with Crippen molar-refractivity contribution in [1.82, 2.24) is 10.3 Å². The largest absolute Gasteiger partial charge is 0.320 e. The Morgan fingerprint density at radius 2 is 2.43 bits per heavy atom. The number of nitrogens with zero attached hydrogens (tertiary/aromatic N) is 1. The predicted octanol–water partition coefficient (Wildman–Crippen LogP) is 1.56. The van der Waals surface area contributed by atoms with Crippen molar-refractivity contribution in [2.24, 2.45) is 0 Å². The molecule has 1 aromatic rings. The Balaban J connectivity index is 2.27. The molecule has 4 heteroatoms. The Labute approximate surface area is 88.6 Å². The van der Waals surface area contributed by atoms with E-state index < -0.39 is 0 Å². The van der Waals surface area contributed by atoms with Crippen LogP contribution in [-0.2, 0) is 11.2 Å². The number of carbonyl (C=O) groups is 1. The number of aryl methyl sites for hydroxylation is 1. The standard InChI is InChI=1S/C10H16N2OS/c1-8-7-14-10(12-8)6-9(13)4-3-5-11-2/h7,11H,3-6H2,1-2H3. The van der Waals surface area contributed by atoms with Crippen LogP contribution in [0.3, 0.4) is 0 Å². The highest BCUT2D eigenvalue weighted by molar-refractivity contribution is 7.09. The minimum absolute atomic E-state index is 0.287. The molecule has 0 aliphatic rings. The number of hydrogen-bond acceptors (Lipinski definition) is 4. The lowest BCUT2D eigenvalue weighted by atomic mass is 10.2. The van der Waals surface area contributed by atoms with Gasteiger partial charge in [-0.15, -0.1) is 11.3 Å². The Morgan fingerprint density at radius 1 is 1.64 bits per heavy atom. The molecule has 1 rings (SSSR count). The van der Waals surface area contributed by atoms with E-state index in [1.807, 2.05) is 19.4 Å². The number of thiazole rings is 1. The summed E-state index contributed by atoms with van der Waals surface area (Å²) in [5.74, 6) is 0.287. The molecule has 0 radical (unpaired) electrons. The molecular formula is C10H16N2OS. The molecule has 1 aromatic heterocycles. The molecule has 14 heavy (non-hydrogen) atoms. The van der Waals surface area contributed by atoms with E-state index in [1.165, 1.54) is 0 Å². The summed E-state index contributed by atoms with van der Waals surface area (Å²) in [6, 6.07) is 0. The Hall–Kier alpha value is -0.740. The predicted molar refractivity (Wildman–Crippen MR) is 58.7 cm³/mol. The minimum Gasteiger partial charge on any atom is -0.320 e. The van der Waals surface area contributed by atoms with Gasteiger partial charge in [0.05, 0.1) is 6.42 Å². The van der Waals surface area contributed by atoms with E-state index in [1.54, 1.807) is 11.3 Å². The summed E-state index contributed by atoms with van der Waals surface area (Å²) in [5.41, 5.74) is 1.01. The summed E-state index contributed by atoms with van der Waals surface area (Å²) < 4.78 is 0. The van der Waals surface area contributed by atoms with Gasteiger partial charge in [-0.3, -0.25) is 4.79 Å². The van der Waals surface area contributed by atoms with Gasteiger partial charge in [0.15, 0.2) is 0 Å². The minimum atomic E-state index is 0.287. The third kappa shape index (κ3) is 3.98. The van der Waals surface area contributed by atoms with E-state index in [0.29, 0.717) is 12.8 Å². The summed E-state index contributed by atoms with van der Waals surface area (Å²) in [6.45, 7) is 2.86. The Morgan fingerprint density at radius 3 is 3.00 bits per heavy atom. The van der Waals surface area contributed by atoms with Crippen LogP contribution >= 0.6 is 11.3 Å². The van der Waals surface area contributed by atoms with Gasteiger partial charge in [-0.05, 0) is 26.9 Å². The lowest BCUT2D eigenvalue weighted by Gasteiger charge is -1.98. The van der Waals surface area contributed by atoms with Gasteiger partial charge in [0.25, 0.3) is 0 Å². The first kappa shape index (κ1) is 11.3. The van der Waals surface area contributed by atoms with E-state index in [-0.39, 0.29) is 5.78 Å². The number of rotatable bonds is 6. The molecule has 1 N–H and O–H groups in total. The zero-order chi connectivity index (χ0) is 10.4. The van der Waals surface area contributed by atoms with Crippen molar-refractivity contribution in [3.05, 3.63) is 16.1 Å². The second-order valence-electron chi connectivity index (χ2n) is 3.31. The van der Waals surface area contributed by atoms with E-state index in [2.05, 4.69) is 10.3 Å². The van der Waals surface area contributed by atoms with Gasteiger partial charge in [0.1, 0.15) is 10.8 Å². The zero-order valence-electron chi connectivity index (χ0n) is 8.67. The van der Waals surface area contributed by atoms with Crippen LogP contribution in [0.25, 0.3) is 0 Å². The molecule has 0 fully saturated rings. The fourth-order valence-corrected chi connectivity index (χ4v) is 2.00. The fourth-order valence-electron chi connectivity index (χ4n) is 1.20. The van der Waals surface area contributed by atoms with Crippen LogP contribution in [0.1, 0.15) is 23.5 Å². The summed E-state index contributed by atoms with van der Waals surface area (Å²) >= 11 is 1.57. The number of hydrogen-bond donors (Lipinski definition) is 1. The van der Waals surface area contributed by atoms with E-state index in [0.717, 1.165) is 23.7 Å². The highest BCUT2D eigenvalue weighted by atomic mass is 32.1. The van der Waals surface area contributed by atoms with Crippen LogP contribution in [0, 0.1) is 6.92 Å². The molecule has 0 aliphatic heterocycles. The molecule has 0 bridgehead atoms. The Bertz CT molecular complexity index is 296. The second kappa shape index (κ2) is 5.88. The van der Waals surface area contributed by atoms with Crippen LogP contribution in [0.15, 0.2) is 5.38 Å². The molecule has 0 aliphatic carbocycles. The maximum Gasteiger partial charge on any atom is 0.139 e. The molecule has 0 unspecified atom stereocenters. The molecule has 0 spiro atoms. The number of aromatic nitrogens is 1. The maximum atomic E-state index is 11.4. The van der Waals surface area contributed by atoms with Crippen molar-refractivity contribution in [1.29, 1.82) is 0 Å². The normalized spacial score (nSPS) is 10.4. The quantitative estimate of drug-likeness (QED) is 0.728. The van der Waals surface area contributed by atoms with Gasteiger partial charge in [0, 0.05) is 17.5 Å². The Kier molecular flexibility index (Phi) is 4.76. The number of Topliss-reactive ketones (excluding diaryl/α,β-unsaturated/α-hetero) is 1. The van der Waals surface area contributed by atoms with Gasteiger partial charge in [0.2, 0.25) is 0 Å². The van der Waals surface area contributed by atoms with Crippen LogP contribution in [0.5, 0.6) is 0 Å². The van der Waals surface area contributed by atoms with Crippen molar-refractivity contribution in [3.8, 4) is 0 Å². The summed E-state index contributed by atoms with van der Waals surface area (Å²) in [6.07, 6.45) is 2.07. The number of nitrogens with one attached hydrogen (secondary N) is 1. The zero-order valence-corrected chi connectivity index (χ0v) is 9.49. The highest BCUT2D eigenvalue weighted by Crippen LogP contribution is 2.10. The number of ketones is 1. The first-order valence-corrected chi connectivity index (χ1v) is 5.67. The van der Waals surface area contributed by atoms with E-state index in [9.17, 15) is 4.79 Å². The fraction of sp³-hybridized carbons (Fsp3) is 0.600. The smallest absolute Gasteiger partial charge is 0.139 e. The second-order valence-corrected chi connectivity index (χ2v) is 4.25. The third-order valence-electron chi connectivity index (χ3n) is 1.90. The first-order chi connectivity index (χ1) is 6.72. The van der Waals surface area contributed by atoms with Gasteiger partial charge < -0.3 is 5.32 Å². The van der Waals surface area contributed by atoms with Crippen molar-refractivity contribution in [2.75, 3.05) is 13.6 Å². The van der Waals surface area contributed by atoms with Crippen molar-refractivity contribution in [3.63, 3.8) is 0 Å². The van der Waals surface area contributed by atoms with Crippen molar-refractivity contribution < 1.29 is 4.79 Å². The lowest BCUT2D eigenvalue weighted by molar-refractivity contribution is -0.118. The lowest BCUT2D eigenvalue weighted by Crippen LogP contribution is -2.11. The molecule has 0 aromatic carbocycles. The van der Waals surface area contributed by atoms with E-state index >= 15 is 0 Å². The topological polar surface area (TPSA) is 42.0 Å². The molecule has 78 valence electrons. The summed E-state index contributed by atoms with van der Waals surface area (Å²) in [4.78, 5) is 15.7. The molecule has 0 amide bonds.